The van der Waals surface area contributed by atoms with Gasteiger partial charge in [-0.1, -0.05) is 52.1 Å². The van der Waals surface area contributed by atoms with Crippen molar-refractivity contribution in [2.75, 3.05) is 0 Å². The molecule has 0 saturated carbocycles. The number of oxime groups is 1. The summed E-state index contributed by atoms with van der Waals surface area (Å²) in [5.74, 6) is 0.376. The van der Waals surface area contributed by atoms with Crippen LogP contribution in [0.3, 0.4) is 0 Å². The minimum Gasteiger partial charge on any atom is -0.391 e. The Kier molecular flexibility index (Phi) is 5.43. The molecule has 25 heavy (non-hydrogen) atoms. The van der Waals surface area contributed by atoms with Crippen molar-refractivity contribution in [2.45, 2.75) is 6.61 Å². The number of rotatable bonds is 5. The van der Waals surface area contributed by atoms with Crippen LogP contribution in [-0.2, 0) is 11.4 Å². The summed E-state index contributed by atoms with van der Waals surface area (Å²) in [4.78, 5) is 21.6. The zero-order valence-electron chi connectivity index (χ0n) is 12.6. The van der Waals surface area contributed by atoms with Crippen LogP contribution in [0.1, 0.15) is 11.1 Å². The smallest absolute Gasteiger partial charge is 0.281 e. The summed E-state index contributed by atoms with van der Waals surface area (Å²) < 4.78 is 1.25. The minimum absolute atomic E-state index is 0.0868. The highest BCUT2D eigenvalue weighted by molar-refractivity contribution is 6.35. The fourth-order valence-corrected chi connectivity index (χ4v) is 2.70. The largest absolute Gasteiger partial charge is 0.391 e. The summed E-state index contributed by atoms with van der Waals surface area (Å²) in [5.41, 5.74) is 0.586. The summed E-state index contributed by atoms with van der Waals surface area (Å²) >= 11 is 17.9. The second-order valence-corrected chi connectivity index (χ2v) is 6.10. The molecule has 0 fully saturated rings. The number of H-pyrrole nitrogens is 1. The molecule has 2 aromatic heterocycles. The quantitative estimate of drug-likeness (QED) is 0.401. The van der Waals surface area contributed by atoms with Crippen molar-refractivity contribution >= 4 is 41.0 Å². The van der Waals surface area contributed by atoms with Crippen molar-refractivity contribution in [1.82, 2.24) is 14.8 Å². The molecule has 0 unspecified atom stereocenters. The Labute approximate surface area is 157 Å². The van der Waals surface area contributed by atoms with Gasteiger partial charge in [-0.15, -0.1) is 0 Å². The topological polar surface area (TPSA) is 72.3 Å². The minimum atomic E-state index is -0.335. The normalized spacial score (nSPS) is 11.2. The van der Waals surface area contributed by atoms with Crippen molar-refractivity contribution in [3.63, 3.8) is 0 Å². The number of pyridine rings is 1. The van der Waals surface area contributed by atoms with Crippen LogP contribution < -0.4 is 5.56 Å². The van der Waals surface area contributed by atoms with Gasteiger partial charge in [-0.3, -0.25) is 9.89 Å². The zero-order valence-corrected chi connectivity index (χ0v) is 14.9. The van der Waals surface area contributed by atoms with Gasteiger partial charge in [-0.05, 0) is 24.3 Å². The second kappa shape index (κ2) is 7.74. The third-order valence-corrected chi connectivity index (χ3v) is 4.18. The highest BCUT2D eigenvalue weighted by atomic mass is 35.5. The van der Waals surface area contributed by atoms with Gasteiger partial charge < -0.3 is 4.84 Å². The molecule has 0 saturated heterocycles. The SMILES string of the molecule is O=c1c(/C=N\OCc2c(Cl)cccc2Cl)c[nH]n1-c1cccc(Cl)n1. The van der Waals surface area contributed by atoms with E-state index in [0.717, 1.165) is 0 Å². The highest BCUT2D eigenvalue weighted by Gasteiger charge is 2.08. The second-order valence-electron chi connectivity index (χ2n) is 4.90. The van der Waals surface area contributed by atoms with Crippen molar-refractivity contribution in [1.29, 1.82) is 0 Å². The van der Waals surface area contributed by atoms with E-state index >= 15 is 0 Å². The number of hydrogen-bond donors (Lipinski definition) is 1. The molecule has 0 aliphatic carbocycles. The molecule has 0 amide bonds. The van der Waals surface area contributed by atoms with Crippen LogP contribution >= 0.6 is 34.8 Å². The molecule has 6 nitrogen and oxygen atoms in total. The molecule has 0 spiro atoms. The van der Waals surface area contributed by atoms with Crippen LogP contribution in [0.5, 0.6) is 0 Å². The molecule has 3 aromatic rings. The zero-order chi connectivity index (χ0) is 17.8. The summed E-state index contributed by atoms with van der Waals surface area (Å²) in [6.07, 6.45) is 2.78. The monoisotopic (exact) mass is 396 g/mol. The van der Waals surface area contributed by atoms with E-state index in [-0.39, 0.29) is 17.3 Å². The van der Waals surface area contributed by atoms with E-state index in [0.29, 0.717) is 27.0 Å². The number of aromatic nitrogens is 3. The standard InChI is InChI=1S/C16H11Cl3N4O2/c17-12-3-1-4-13(18)11(12)9-25-21-8-10-7-20-23(16(10)24)15-6-2-5-14(19)22-15/h1-8,20H,9H2/b21-8-. The summed E-state index contributed by atoms with van der Waals surface area (Å²) in [5, 5.41) is 7.83. The number of hydrogen-bond acceptors (Lipinski definition) is 4. The van der Waals surface area contributed by atoms with E-state index in [1.807, 2.05) is 0 Å². The van der Waals surface area contributed by atoms with Gasteiger partial charge in [0.25, 0.3) is 5.56 Å². The lowest BCUT2D eigenvalue weighted by atomic mass is 10.2. The van der Waals surface area contributed by atoms with Crippen LogP contribution in [0.4, 0.5) is 0 Å². The molecule has 1 aromatic carbocycles. The van der Waals surface area contributed by atoms with Crippen molar-refractivity contribution in [3.8, 4) is 5.82 Å². The Hall–Kier alpha value is -2.28. The summed E-state index contributed by atoms with van der Waals surface area (Å²) in [6, 6.07) is 10.1. The molecule has 0 bridgehead atoms. The Morgan fingerprint density at radius 3 is 2.60 bits per heavy atom. The number of aromatic amines is 1. The molecule has 0 aliphatic heterocycles. The lowest BCUT2D eigenvalue weighted by Crippen LogP contribution is -2.18. The molecule has 128 valence electrons. The first-order valence-electron chi connectivity index (χ1n) is 7.08. The number of benzene rings is 1. The van der Waals surface area contributed by atoms with Gasteiger partial charge in [0.2, 0.25) is 0 Å². The first kappa shape index (κ1) is 17.5. The molecule has 0 aliphatic rings. The van der Waals surface area contributed by atoms with Crippen LogP contribution in [0.15, 0.2) is 52.5 Å². The van der Waals surface area contributed by atoms with E-state index in [1.54, 1.807) is 36.4 Å². The highest BCUT2D eigenvalue weighted by Crippen LogP contribution is 2.24. The van der Waals surface area contributed by atoms with E-state index in [2.05, 4.69) is 15.2 Å². The van der Waals surface area contributed by atoms with E-state index in [1.165, 1.54) is 17.1 Å². The van der Waals surface area contributed by atoms with E-state index in [4.69, 9.17) is 39.6 Å². The maximum absolute atomic E-state index is 12.3. The third-order valence-electron chi connectivity index (χ3n) is 3.27. The predicted octanol–water partition coefficient (Wildman–Crippen LogP) is 4.07. The molecule has 2 heterocycles. The fourth-order valence-electron chi connectivity index (χ4n) is 2.03. The first-order valence-corrected chi connectivity index (χ1v) is 8.21. The molecule has 0 radical (unpaired) electrons. The van der Waals surface area contributed by atoms with Gasteiger partial charge in [-0.2, -0.15) is 0 Å². The van der Waals surface area contributed by atoms with Crippen LogP contribution in [0.25, 0.3) is 5.82 Å². The van der Waals surface area contributed by atoms with Crippen molar-refractivity contribution in [3.05, 3.63) is 79.3 Å². The third kappa shape index (κ3) is 4.04. The Morgan fingerprint density at radius 1 is 1.16 bits per heavy atom. The average molecular weight is 398 g/mol. The van der Waals surface area contributed by atoms with Crippen LogP contribution in [0, 0.1) is 0 Å². The summed E-state index contributed by atoms with van der Waals surface area (Å²) in [7, 11) is 0. The maximum atomic E-state index is 12.3. The van der Waals surface area contributed by atoms with Crippen LogP contribution in [0.2, 0.25) is 15.2 Å². The van der Waals surface area contributed by atoms with Crippen molar-refractivity contribution in [2.24, 2.45) is 5.16 Å². The molecular formula is C16H11Cl3N4O2. The van der Waals surface area contributed by atoms with Gasteiger partial charge in [0.1, 0.15) is 11.8 Å². The van der Waals surface area contributed by atoms with Crippen LogP contribution in [-0.4, -0.2) is 21.0 Å². The Bertz CT molecular complexity index is 961. The molecular weight excluding hydrogens is 387 g/mol. The van der Waals surface area contributed by atoms with Gasteiger partial charge in [0.15, 0.2) is 5.82 Å². The average Bonchev–Trinajstić information content (AvgIpc) is 2.94. The Morgan fingerprint density at radius 2 is 1.88 bits per heavy atom. The first-order chi connectivity index (χ1) is 12.1. The van der Waals surface area contributed by atoms with E-state index < -0.39 is 0 Å². The lowest BCUT2D eigenvalue weighted by Gasteiger charge is -2.04. The number of nitrogens with zero attached hydrogens (tertiary/aromatic N) is 3. The molecule has 1 N–H and O–H groups in total. The van der Waals surface area contributed by atoms with Gasteiger partial charge >= 0.3 is 0 Å². The molecule has 9 heteroatoms. The van der Waals surface area contributed by atoms with Gasteiger partial charge in [0.05, 0.1) is 11.8 Å². The number of nitrogens with one attached hydrogen (secondary N) is 1. The fraction of sp³-hybridized carbons (Fsp3) is 0.0625. The Balaban J connectivity index is 1.72. The number of halogens is 3. The molecule has 0 atom stereocenters. The van der Waals surface area contributed by atoms with Gasteiger partial charge in [-0.25, -0.2) is 9.67 Å². The predicted molar refractivity (Wildman–Crippen MR) is 98.0 cm³/mol. The van der Waals surface area contributed by atoms with Gasteiger partial charge in [0, 0.05) is 21.8 Å². The maximum Gasteiger partial charge on any atom is 0.281 e. The summed E-state index contributed by atoms with van der Waals surface area (Å²) in [6.45, 7) is 0.0868. The lowest BCUT2D eigenvalue weighted by molar-refractivity contribution is 0.132. The van der Waals surface area contributed by atoms with E-state index in [9.17, 15) is 4.79 Å². The molecule has 3 rings (SSSR count). The van der Waals surface area contributed by atoms with Crippen molar-refractivity contribution < 1.29 is 4.84 Å².